The van der Waals surface area contributed by atoms with E-state index in [1.54, 1.807) is 0 Å². The zero-order valence-electron chi connectivity index (χ0n) is 10.7. The summed E-state index contributed by atoms with van der Waals surface area (Å²) < 4.78 is 0. The summed E-state index contributed by atoms with van der Waals surface area (Å²) in [6.07, 6.45) is 0. The molecule has 17 heavy (non-hydrogen) atoms. The van der Waals surface area contributed by atoms with Crippen molar-refractivity contribution in [3.05, 3.63) is 29.8 Å². The van der Waals surface area contributed by atoms with Crippen LogP contribution in [0.25, 0.3) is 0 Å². The van der Waals surface area contributed by atoms with Crippen LogP contribution in [0.5, 0.6) is 0 Å². The highest BCUT2D eigenvalue weighted by Crippen LogP contribution is 2.40. The summed E-state index contributed by atoms with van der Waals surface area (Å²) in [7, 11) is 2.17. The molecule has 1 aliphatic rings. The number of thioether (sulfide) groups is 1. The number of nitrogens with zero attached hydrogens (tertiary/aromatic N) is 1. The van der Waals surface area contributed by atoms with Gasteiger partial charge in [-0.3, -0.25) is 4.90 Å². The van der Waals surface area contributed by atoms with Gasteiger partial charge in [0.05, 0.1) is 0 Å². The summed E-state index contributed by atoms with van der Waals surface area (Å²) in [5, 5.41) is 0. The first-order chi connectivity index (χ1) is 8.04. The fraction of sp³-hybridized carbons (Fsp3) is 0.571. The molecule has 0 spiro atoms. The molecule has 0 saturated heterocycles. The van der Waals surface area contributed by atoms with Gasteiger partial charge in [0.1, 0.15) is 0 Å². The zero-order chi connectivity index (χ0) is 12.5. The van der Waals surface area contributed by atoms with E-state index in [1.165, 1.54) is 16.2 Å². The molecule has 0 fully saturated rings. The Balaban J connectivity index is 2.07. The van der Waals surface area contributed by atoms with Gasteiger partial charge >= 0.3 is 0 Å². The second-order valence-electron chi connectivity index (χ2n) is 5.37. The molecular formula is C14H20ClNS. The Morgan fingerprint density at radius 1 is 1.41 bits per heavy atom. The number of fused-ring (bicyclic) bond motifs is 1. The van der Waals surface area contributed by atoms with Crippen LogP contribution >= 0.6 is 23.4 Å². The second-order valence-corrected chi connectivity index (χ2v) is 6.70. The van der Waals surface area contributed by atoms with Gasteiger partial charge in [-0.25, -0.2) is 0 Å². The maximum absolute atomic E-state index is 6.03. The van der Waals surface area contributed by atoms with Gasteiger partial charge in [-0.1, -0.05) is 18.2 Å². The number of alkyl halides is 1. The van der Waals surface area contributed by atoms with Gasteiger partial charge in [-0.15, -0.1) is 23.4 Å². The van der Waals surface area contributed by atoms with Crippen LogP contribution in [0.15, 0.2) is 29.2 Å². The van der Waals surface area contributed by atoms with E-state index in [0.717, 1.165) is 6.54 Å². The Kier molecular flexibility index (Phi) is 4.06. The maximum atomic E-state index is 6.03. The molecule has 0 bridgehead atoms. The molecule has 1 heterocycles. The number of likely N-dealkylation sites (N-methyl/N-ethyl adjacent to an activating group) is 1. The largest absolute Gasteiger partial charge is 0.299 e. The van der Waals surface area contributed by atoms with Crippen molar-refractivity contribution in [3.8, 4) is 0 Å². The van der Waals surface area contributed by atoms with Crippen molar-refractivity contribution >= 4 is 23.4 Å². The SMILES string of the molecule is CN(CC1CSc2ccccc21)C(C)(C)CCl. The molecule has 0 N–H and O–H groups in total. The molecule has 1 aromatic carbocycles. The van der Waals surface area contributed by atoms with Gasteiger partial charge in [-0.05, 0) is 32.5 Å². The van der Waals surface area contributed by atoms with E-state index in [2.05, 4.69) is 50.1 Å². The van der Waals surface area contributed by atoms with Gasteiger partial charge in [0.2, 0.25) is 0 Å². The van der Waals surface area contributed by atoms with Crippen LogP contribution in [0.1, 0.15) is 25.3 Å². The smallest absolute Gasteiger partial charge is 0.0402 e. The molecular weight excluding hydrogens is 250 g/mol. The third-order valence-electron chi connectivity index (χ3n) is 3.65. The first-order valence-corrected chi connectivity index (χ1v) is 7.55. The van der Waals surface area contributed by atoms with Crippen LogP contribution < -0.4 is 0 Å². The molecule has 1 unspecified atom stereocenters. The molecule has 2 rings (SSSR count). The lowest BCUT2D eigenvalue weighted by molar-refractivity contribution is 0.172. The Labute approximate surface area is 114 Å². The average Bonchev–Trinajstić information content (AvgIpc) is 2.73. The number of rotatable bonds is 4. The van der Waals surface area contributed by atoms with Crippen molar-refractivity contribution in [1.29, 1.82) is 0 Å². The van der Waals surface area contributed by atoms with E-state index >= 15 is 0 Å². The van der Waals surface area contributed by atoms with Crippen molar-refractivity contribution < 1.29 is 0 Å². The van der Waals surface area contributed by atoms with Crippen LogP contribution in [-0.4, -0.2) is 35.7 Å². The minimum Gasteiger partial charge on any atom is -0.299 e. The summed E-state index contributed by atoms with van der Waals surface area (Å²) in [6, 6.07) is 8.76. The second kappa shape index (κ2) is 5.21. The fourth-order valence-electron chi connectivity index (χ4n) is 2.06. The summed E-state index contributed by atoms with van der Waals surface area (Å²) >= 11 is 8.00. The van der Waals surface area contributed by atoms with Gasteiger partial charge in [-0.2, -0.15) is 0 Å². The highest BCUT2D eigenvalue weighted by Gasteiger charge is 2.29. The molecule has 1 aromatic rings. The van der Waals surface area contributed by atoms with Crippen molar-refractivity contribution in [2.45, 2.75) is 30.2 Å². The first-order valence-electron chi connectivity index (χ1n) is 6.03. The monoisotopic (exact) mass is 269 g/mol. The maximum Gasteiger partial charge on any atom is 0.0402 e. The molecule has 3 heteroatoms. The Morgan fingerprint density at radius 2 is 2.12 bits per heavy atom. The molecule has 94 valence electrons. The number of hydrogen-bond acceptors (Lipinski definition) is 2. The van der Waals surface area contributed by atoms with Crippen molar-refractivity contribution in [2.75, 3.05) is 25.2 Å². The van der Waals surface area contributed by atoms with E-state index in [4.69, 9.17) is 11.6 Å². The standard InChI is InChI=1S/C14H20ClNS/c1-14(2,10-15)16(3)8-11-9-17-13-7-5-4-6-12(11)13/h4-7,11H,8-10H2,1-3H3. The third kappa shape index (κ3) is 2.81. The predicted octanol–water partition coefficient (Wildman–Crippen LogP) is 3.83. The minimum absolute atomic E-state index is 0.0732. The third-order valence-corrected chi connectivity index (χ3v) is 5.56. The lowest BCUT2D eigenvalue weighted by atomic mass is 9.98. The predicted molar refractivity (Wildman–Crippen MR) is 77.3 cm³/mol. The van der Waals surface area contributed by atoms with Crippen molar-refractivity contribution in [2.24, 2.45) is 0 Å². The van der Waals surface area contributed by atoms with Gasteiger partial charge < -0.3 is 0 Å². The number of halogens is 1. The van der Waals surface area contributed by atoms with E-state index in [-0.39, 0.29) is 5.54 Å². The topological polar surface area (TPSA) is 3.24 Å². The molecule has 1 nitrogen and oxygen atoms in total. The summed E-state index contributed by atoms with van der Waals surface area (Å²) in [5.74, 6) is 2.51. The molecule has 0 aromatic heterocycles. The fourth-order valence-corrected chi connectivity index (χ4v) is 3.51. The normalized spacial score (nSPS) is 19.7. The Morgan fingerprint density at radius 3 is 2.82 bits per heavy atom. The molecule has 0 amide bonds. The number of benzene rings is 1. The van der Waals surface area contributed by atoms with Crippen LogP contribution in [0, 0.1) is 0 Å². The quantitative estimate of drug-likeness (QED) is 0.765. The van der Waals surface area contributed by atoms with Crippen molar-refractivity contribution in [3.63, 3.8) is 0 Å². The highest BCUT2D eigenvalue weighted by molar-refractivity contribution is 7.99. The van der Waals surface area contributed by atoms with E-state index in [9.17, 15) is 0 Å². The summed E-state index contributed by atoms with van der Waals surface area (Å²) in [4.78, 5) is 3.84. The molecule has 1 aliphatic heterocycles. The lowest BCUT2D eigenvalue weighted by Crippen LogP contribution is -2.44. The highest BCUT2D eigenvalue weighted by atomic mass is 35.5. The summed E-state index contributed by atoms with van der Waals surface area (Å²) in [6.45, 7) is 5.49. The van der Waals surface area contributed by atoms with Crippen LogP contribution in [0.4, 0.5) is 0 Å². The number of hydrogen-bond donors (Lipinski definition) is 0. The van der Waals surface area contributed by atoms with Gasteiger partial charge in [0, 0.05) is 34.5 Å². The Bertz CT molecular complexity index is 392. The lowest BCUT2D eigenvalue weighted by Gasteiger charge is -2.35. The van der Waals surface area contributed by atoms with E-state index in [1.807, 2.05) is 11.8 Å². The van der Waals surface area contributed by atoms with E-state index in [0.29, 0.717) is 11.8 Å². The Hall–Kier alpha value is -0.180. The minimum atomic E-state index is 0.0732. The zero-order valence-corrected chi connectivity index (χ0v) is 12.3. The molecule has 0 radical (unpaired) electrons. The van der Waals surface area contributed by atoms with Crippen LogP contribution in [-0.2, 0) is 0 Å². The summed E-state index contributed by atoms with van der Waals surface area (Å²) in [5.41, 5.74) is 1.58. The first kappa shape index (κ1) is 13.3. The van der Waals surface area contributed by atoms with Gasteiger partial charge in [0.25, 0.3) is 0 Å². The van der Waals surface area contributed by atoms with Crippen LogP contribution in [0.2, 0.25) is 0 Å². The van der Waals surface area contributed by atoms with Crippen LogP contribution in [0.3, 0.4) is 0 Å². The molecule has 0 aliphatic carbocycles. The molecule has 1 atom stereocenters. The molecule has 0 saturated carbocycles. The van der Waals surface area contributed by atoms with Crippen molar-refractivity contribution in [1.82, 2.24) is 4.90 Å². The van der Waals surface area contributed by atoms with E-state index < -0.39 is 0 Å². The van der Waals surface area contributed by atoms with Gasteiger partial charge in [0.15, 0.2) is 0 Å². The average molecular weight is 270 g/mol.